The Hall–Kier alpha value is -4.29. The number of rotatable bonds is 11. The van der Waals surface area contributed by atoms with Crippen molar-refractivity contribution in [2.75, 3.05) is 32.1 Å². The van der Waals surface area contributed by atoms with Gasteiger partial charge in [-0.2, -0.15) is 0 Å². The highest BCUT2D eigenvalue weighted by atomic mass is 79.9. The SMILES string of the molecule is C=CCN(CC=C)c1c2c(c(C)c3cc(Br)ccc13)C(O)=C1C(=O)[C@]3(O[Si](C)(C)C(C)(C)C)C(=O)c4c(OCc5ccccc5)noc4[C@@H](N(C)C)[C@@H]3C[C@@H]1C2. The van der Waals surface area contributed by atoms with Crippen molar-refractivity contribution < 1.29 is 28.4 Å². The predicted octanol–water partition coefficient (Wildman–Crippen LogP) is 9.95. The molecule has 0 radical (unpaired) electrons. The molecule has 56 heavy (non-hydrogen) atoms. The number of aliphatic hydroxyl groups is 1. The van der Waals surface area contributed by atoms with Crippen LogP contribution in [0.1, 0.15) is 71.6 Å². The second-order valence-electron chi connectivity index (χ2n) is 17.2. The maximum absolute atomic E-state index is 15.9. The summed E-state index contributed by atoms with van der Waals surface area (Å²) in [6.45, 7) is 21.7. The lowest BCUT2D eigenvalue weighted by molar-refractivity contribution is -0.140. The van der Waals surface area contributed by atoms with Crippen LogP contribution in [0.5, 0.6) is 5.88 Å². The number of Topliss-reactive ketones (excluding diaryl/α,β-unsaturated/α-hetero) is 2. The molecule has 9 nitrogen and oxygen atoms in total. The third kappa shape index (κ3) is 6.22. The number of ether oxygens (including phenoxy) is 1. The third-order valence-electron chi connectivity index (χ3n) is 12.5. The van der Waals surface area contributed by atoms with E-state index in [4.69, 9.17) is 13.7 Å². The van der Waals surface area contributed by atoms with Crippen LogP contribution in [0.25, 0.3) is 16.5 Å². The van der Waals surface area contributed by atoms with E-state index in [0.717, 1.165) is 37.6 Å². The molecule has 0 unspecified atom stereocenters. The third-order valence-corrected chi connectivity index (χ3v) is 17.4. The van der Waals surface area contributed by atoms with E-state index in [-0.39, 0.29) is 34.4 Å². The zero-order chi connectivity index (χ0) is 40.5. The second kappa shape index (κ2) is 14.6. The van der Waals surface area contributed by atoms with Gasteiger partial charge in [0.15, 0.2) is 19.7 Å². The molecule has 0 saturated heterocycles. The molecule has 1 heterocycles. The second-order valence-corrected chi connectivity index (χ2v) is 22.8. The molecule has 3 aliphatic carbocycles. The van der Waals surface area contributed by atoms with Gasteiger partial charge in [0.05, 0.1) is 6.04 Å². The van der Waals surface area contributed by atoms with Gasteiger partial charge >= 0.3 is 0 Å². The Morgan fingerprint density at radius 2 is 1.71 bits per heavy atom. The Morgan fingerprint density at radius 1 is 1.04 bits per heavy atom. The largest absolute Gasteiger partial charge is 0.507 e. The van der Waals surface area contributed by atoms with E-state index < -0.39 is 43.4 Å². The van der Waals surface area contributed by atoms with Crippen LogP contribution in [0.15, 0.2) is 88.4 Å². The lowest BCUT2D eigenvalue weighted by Crippen LogP contribution is -2.68. The number of hydrogen-bond acceptors (Lipinski definition) is 9. The number of anilines is 1. The molecule has 1 N–H and O–H groups in total. The van der Waals surface area contributed by atoms with Gasteiger partial charge in [-0.3, -0.25) is 14.5 Å². The van der Waals surface area contributed by atoms with Gasteiger partial charge < -0.3 is 23.7 Å². The zero-order valence-corrected chi connectivity index (χ0v) is 36.2. The van der Waals surface area contributed by atoms with Gasteiger partial charge in [-0.25, -0.2) is 0 Å². The summed E-state index contributed by atoms with van der Waals surface area (Å²) in [5.41, 5.74) is 2.70. The van der Waals surface area contributed by atoms with E-state index in [9.17, 15) is 5.11 Å². The first kappa shape index (κ1) is 39.9. The number of halogens is 1. The fourth-order valence-electron chi connectivity index (χ4n) is 8.97. The van der Waals surface area contributed by atoms with Gasteiger partial charge in [0, 0.05) is 45.7 Å². The highest BCUT2D eigenvalue weighted by Gasteiger charge is 2.69. The molecule has 7 rings (SSSR count). The average molecular weight is 839 g/mol. The van der Waals surface area contributed by atoms with Crippen molar-refractivity contribution in [1.29, 1.82) is 0 Å². The zero-order valence-electron chi connectivity index (χ0n) is 33.7. The van der Waals surface area contributed by atoms with E-state index in [0.29, 0.717) is 37.3 Å². The highest BCUT2D eigenvalue weighted by molar-refractivity contribution is 9.10. The van der Waals surface area contributed by atoms with Crippen molar-refractivity contribution in [3.63, 3.8) is 0 Å². The van der Waals surface area contributed by atoms with Crippen LogP contribution in [0.2, 0.25) is 18.1 Å². The topological polar surface area (TPSA) is 105 Å². The molecular weight excluding hydrogens is 786 g/mol. The summed E-state index contributed by atoms with van der Waals surface area (Å²) in [4.78, 5) is 35.7. The molecule has 0 bridgehead atoms. The van der Waals surface area contributed by atoms with Gasteiger partial charge in [0.2, 0.25) is 11.6 Å². The summed E-state index contributed by atoms with van der Waals surface area (Å²) < 4.78 is 20.5. The van der Waals surface area contributed by atoms with E-state index in [1.165, 1.54) is 0 Å². The van der Waals surface area contributed by atoms with Crippen LogP contribution >= 0.6 is 15.9 Å². The van der Waals surface area contributed by atoms with Crippen molar-refractivity contribution in [2.45, 2.75) is 76.9 Å². The van der Waals surface area contributed by atoms with Gasteiger partial charge in [0.25, 0.3) is 5.88 Å². The standard InChI is InChI=1S/C45H52BrN3O6Si/c1-11-20-49(21-12-2)37-30-19-18-29(46)24-31(30)26(3)34-32(37)22-28-23-33-38(48(7)8)40-36(43(47-54-40)53-25-27-16-14-13-15-17-27)42(52)45(33,41(51)35(28)39(34)50)55-56(9,10)44(4,5)6/h11-19,24,28,33,38,50H,1-2,20-23,25H2,3-10H3/t28-,33-,38-,45-/m0/s1. The minimum Gasteiger partial charge on any atom is -0.507 e. The normalized spacial score (nSPS) is 22.1. The molecule has 0 aliphatic heterocycles. The number of aliphatic hydroxyl groups excluding tert-OH is 1. The molecule has 0 spiro atoms. The maximum atomic E-state index is 15.9. The number of aromatic nitrogens is 1. The van der Waals surface area contributed by atoms with E-state index >= 15 is 9.59 Å². The monoisotopic (exact) mass is 837 g/mol. The Balaban J connectivity index is 1.49. The van der Waals surface area contributed by atoms with Crippen LogP contribution in [-0.4, -0.2) is 67.8 Å². The lowest BCUT2D eigenvalue weighted by Gasteiger charge is -2.55. The van der Waals surface area contributed by atoms with Crippen molar-refractivity contribution in [3.05, 3.63) is 117 Å². The van der Waals surface area contributed by atoms with Crippen molar-refractivity contribution in [3.8, 4) is 5.88 Å². The first-order chi connectivity index (χ1) is 26.5. The molecule has 3 aliphatic rings. The Kier molecular flexibility index (Phi) is 10.4. The number of fused-ring (bicyclic) bond motifs is 5. The summed E-state index contributed by atoms with van der Waals surface area (Å²) in [7, 11) is 0.965. The van der Waals surface area contributed by atoms with Crippen molar-refractivity contribution >= 4 is 58.0 Å². The van der Waals surface area contributed by atoms with Gasteiger partial charge in [-0.1, -0.05) is 85.3 Å². The predicted molar refractivity (Wildman–Crippen MR) is 228 cm³/mol. The number of nitrogens with zero attached hydrogens (tertiary/aromatic N) is 3. The van der Waals surface area contributed by atoms with Crippen LogP contribution in [0.3, 0.4) is 0 Å². The summed E-state index contributed by atoms with van der Waals surface area (Å²) in [5, 5.41) is 18.7. The molecule has 1 aromatic heterocycles. The van der Waals surface area contributed by atoms with E-state index in [2.05, 4.69) is 85.1 Å². The molecular formula is C45H52BrN3O6Si. The molecule has 3 aromatic carbocycles. The number of carbonyl (C=O) groups excluding carboxylic acids is 2. The molecule has 4 aromatic rings. The number of aryl methyl sites for hydroxylation is 1. The molecule has 294 valence electrons. The van der Waals surface area contributed by atoms with Crippen molar-refractivity contribution in [1.82, 2.24) is 10.1 Å². The van der Waals surface area contributed by atoms with Crippen LogP contribution in [-0.2, 0) is 22.2 Å². The molecule has 1 saturated carbocycles. The number of hydrogen-bond donors (Lipinski definition) is 1. The molecule has 4 atom stereocenters. The first-order valence-corrected chi connectivity index (χ1v) is 23.0. The maximum Gasteiger partial charge on any atom is 0.265 e. The Labute approximate surface area is 339 Å². The Bertz CT molecular complexity index is 2280. The summed E-state index contributed by atoms with van der Waals surface area (Å²) in [5.74, 6) is -1.79. The van der Waals surface area contributed by atoms with Crippen LogP contribution in [0.4, 0.5) is 5.69 Å². The summed E-state index contributed by atoms with van der Waals surface area (Å²) >= 11 is 3.67. The summed E-state index contributed by atoms with van der Waals surface area (Å²) in [6.07, 6.45) is 4.59. The highest BCUT2D eigenvalue weighted by Crippen LogP contribution is 2.59. The van der Waals surface area contributed by atoms with Crippen LogP contribution < -0.4 is 9.64 Å². The quantitative estimate of drug-likeness (QED) is 0.0898. The minimum atomic E-state index is -2.88. The van der Waals surface area contributed by atoms with E-state index in [1.807, 2.05) is 74.5 Å². The molecule has 11 heteroatoms. The van der Waals surface area contributed by atoms with Gasteiger partial charge in [-0.05, 0) is 97.3 Å². The lowest BCUT2D eigenvalue weighted by atomic mass is 9.57. The van der Waals surface area contributed by atoms with Gasteiger partial charge in [0.1, 0.15) is 17.9 Å². The van der Waals surface area contributed by atoms with Crippen LogP contribution in [0, 0.1) is 18.8 Å². The summed E-state index contributed by atoms with van der Waals surface area (Å²) in [6, 6.07) is 15.2. The fourth-order valence-corrected chi connectivity index (χ4v) is 10.8. The fraction of sp³-hybridized carbons (Fsp3) is 0.400. The smallest absolute Gasteiger partial charge is 0.265 e. The minimum absolute atomic E-state index is 0.0292. The first-order valence-electron chi connectivity index (χ1n) is 19.3. The van der Waals surface area contributed by atoms with E-state index in [1.54, 1.807) is 0 Å². The number of ketones is 2. The number of carbonyl (C=O) groups is 2. The van der Waals surface area contributed by atoms with Crippen molar-refractivity contribution in [2.24, 2.45) is 11.8 Å². The molecule has 1 fully saturated rings. The average Bonchev–Trinajstić information content (AvgIpc) is 3.55. The Morgan fingerprint density at radius 3 is 2.34 bits per heavy atom. The molecule has 0 amide bonds. The number of benzene rings is 3. The van der Waals surface area contributed by atoms with Gasteiger partial charge in [-0.15, -0.1) is 13.2 Å².